The van der Waals surface area contributed by atoms with Crippen molar-refractivity contribution in [3.63, 3.8) is 0 Å². The maximum atomic E-state index is 6.12. The molecule has 0 radical (unpaired) electrons. The van der Waals surface area contributed by atoms with Crippen molar-refractivity contribution in [2.75, 3.05) is 0 Å². The molecule has 2 aromatic rings. The highest BCUT2D eigenvalue weighted by atomic mass is 79.9. The minimum atomic E-state index is 0.706. The van der Waals surface area contributed by atoms with Crippen LogP contribution in [0.25, 0.3) is 11.1 Å². The van der Waals surface area contributed by atoms with Gasteiger partial charge in [0.15, 0.2) is 0 Å². The van der Waals surface area contributed by atoms with Gasteiger partial charge in [-0.1, -0.05) is 63.4 Å². The van der Waals surface area contributed by atoms with Crippen LogP contribution in [0.2, 0.25) is 10.0 Å². The van der Waals surface area contributed by atoms with E-state index in [0.29, 0.717) is 5.02 Å². The maximum Gasteiger partial charge on any atom is 0.0484 e. The van der Waals surface area contributed by atoms with Crippen molar-refractivity contribution in [2.45, 2.75) is 0 Å². The summed E-state index contributed by atoms with van der Waals surface area (Å²) in [5.74, 6) is 0. The van der Waals surface area contributed by atoms with E-state index in [4.69, 9.17) is 23.2 Å². The second-order valence-electron chi connectivity index (χ2n) is 3.10. The first-order valence-corrected chi connectivity index (χ1v) is 5.93. The highest BCUT2D eigenvalue weighted by Crippen LogP contribution is 2.34. The lowest BCUT2D eigenvalue weighted by atomic mass is 10.1. The third kappa shape index (κ3) is 2.36. The minimum Gasteiger partial charge on any atom is -0.0843 e. The van der Waals surface area contributed by atoms with Crippen molar-refractivity contribution in [2.24, 2.45) is 0 Å². The summed E-state index contributed by atoms with van der Waals surface area (Å²) in [6, 6.07) is 13.4. The zero-order valence-electron chi connectivity index (χ0n) is 7.68. The molecule has 2 rings (SSSR count). The van der Waals surface area contributed by atoms with E-state index in [1.165, 1.54) is 0 Å². The molecule has 0 aliphatic heterocycles. The van der Waals surface area contributed by atoms with Gasteiger partial charge in [0.2, 0.25) is 0 Å². The van der Waals surface area contributed by atoms with Gasteiger partial charge in [-0.25, -0.2) is 0 Å². The Balaban J connectivity index is 2.60. The van der Waals surface area contributed by atoms with E-state index >= 15 is 0 Å². The van der Waals surface area contributed by atoms with Gasteiger partial charge in [0, 0.05) is 20.1 Å². The Bertz CT molecular complexity index is 495. The molecule has 3 heteroatoms. The number of rotatable bonds is 1. The Morgan fingerprint density at radius 3 is 2.27 bits per heavy atom. The van der Waals surface area contributed by atoms with Crippen molar-refractivity contribution in [3.05, 3.63) is 57.0 Å². The van der Waals surface area contributed by atoms with Gasteiger partial charge in [0.05, 0.1) is 0 Å². The third-order valence-electron chi connectivity index (χ3n) is 2.10. The number of hydrogen-bond acceptors (Lipinski definition) is 0. The van der Waals surface area contributed by atoms with Crippen molar-refractivity contribution in [3.8, 4) is 11.1 Å². The molecule has 0 nitrogen and oxygen atoms in total. The SMILES string of the molecule is Clc1ccc(-c2ccccc2Cl)c(Br)c1. The lowest BCUT2D eigenvalue weighted by Gasteiger charge is -2.06. The highest BCUT2D eigenvalue weighted by molar-refractivity contribution is 9.10. The van der Waals surface area contributed by atoms with Gasteiger partial charge >= 0.3 is 0 Å². The molecule has 0 saturated carbocycles. The molecule has 0 atom stereocenters. The summed E-state index contributed by atoms with van der Waals surface area (Å²) in [7, 11) is 0. The van der Waals surface area contributed by atoms with Crippen LogP contribution in [-0.4, -0.2) is 0 Å². The molecule has 0 amide bonds. The van der Waals surface area contributed by atoms with Crippen LogP contribution in [0.4, 0.5) is 0 Å². The molecular formula is C12H7BrCl2. The number of benzene rings is 2. The average molecular weight is 302 g/mol. The number of halogens is 3. The first-order valence-electron chi connectivity index (χ1n) is 4.38. The lowest BCUT2D eigenvalue weighted by molar-refractivity contribution is 1.58. The van der Waals surface area contributed by atoms with Gasteiger partial charge in [-0.3, -0.25) is 0 Å². The minimum absolute atomic E-state index is 0.706. The summed E-state index contributed by atoms with van der Waals surface area (Å²) in [4.78, 5) is 0. The van der Waals surface area contributed by atoms with Crippen LogP contribution in [-0.2, 0) is 0 Å². The second kappa shape index (κ2) is 4.56. The van der Waals surface area contributed by atoms with Crippen molar-refractivity contribution in [1.82, 2.24) is 0 Å². The van der Waals surface area contributed by atoms with Gasteiger partial charge in [0.1, 0.15) is 0 Å². The van der Waals surface area contributed by atoms with Crippen LogP contribution in [0.3, 0.4) is 0 Å². The molecule has 76 valence electrons. The summed E-state index contributed by atoms with van der Waals surface area (Å²) < 4.78 is 0.947. The average Bonchev–Trinajstić information content (AvgIpc) is 2.20. The van der Waals surface area contributed by atoms with E-state index < -0.39 is 0 Å². The first-order chi connectivity index (χ1) is 7.18. The summed E-state index contributed by atoms with van der Waals surface area (Å²) in [6.07, 6.45) is 0. The molecule has 0 heterocycles. The van der Waals surface area contributed by atoms with Crippen LogP contribution in [0.1, 0.15) is 0 Å². The van der Waals surface area contributed by atoms with E-state index in [1.807, 2.05) is 42.5 Å². The van der Waals surface area contributed by atoms with E-state index in [1.54, 1.807) is 0 Å². The third-order valence-corrected chi connectivity index (χ3v) is 3.32. The van der Waals surface area contributed by atoms with Gasteiger partial charge in [-0.2, -0.15) is 0 Å². The predicted molar refractivity (Wildman–Crippen MR) is 69.6 cm³/mol. The van der Waals surface area contributed by atoms with Gasteiger partial charge in [0.25, 0.3) is 0 Å². The molecule has 2 aromatic carbocycles. The van der Waals surface area contributed by atoms with E-state index in [9.17, 15) is 0 Å². The molecule has 0 fully saturated rings. The van der Waals surface area contributed by atoms with Crippen molar-refractivity contribution >= 4 is 39.1 Å². The van der Waals surface area contributed by atoms with Crippen molar-refractivity contribution in [1.29, 1.82) is 0 Å². The molecular weight excluding hydrogens is 295 g/mol. The quantitative estimate of drug-likeness (QED) is 0.659. The molecule has 0 saturated heterocycles. The topological polar surface area (TPSA) is 0 Å². The fraction of sp³-hybridized carbons (Fsp3) is 0. The monoisotopic (exact) mass is 300 g/mol. The Kier molecular flexibility index (Phi) is 3.35. The van der Waals surface area contributed by atoms with Crippen molar-refractivity contribution < 1.29 is 0 Å². The largest absolute Gasteiger partial charge is 0.0843 e. The molecule has 0 N–H and O–H groups in total. The Morgan fingerprint density at radius 1 is 0.867 bits per heavy atom. The molecule has 0 aromatic heterocycles. The fourth-order valence-corrected chi connectivity index (χ4v) is 2.52. The summed E-state index contributed by atoms with van der Waals surface area (Å²) in [6.45, 7) is 0. The van der Waals surface area contributed by atoms with Gasteiger partial charge in [-0.05, 0) is 23.8 Å². The van der Waals surface area contributed by atoms with Crippen LogP contribution in [0.5, 0.6) is 0 Å². The zero-order valence-corrected chi connectivity index (χ0v) is 10.8. The highest BCUT2D eigenvalue weighted by Gasteiger charge is 2.06. The lowest BCUT2D eigenvalue weighted by Crippen LogP contribution is -1.81. The van der Waals surface area contributed by atoms with Crippen LogP contribution >= 0.6 is 39.1 Å². The smallest absolute Gasteiger partial charge is 0.0484 e. The van der Waals surface area contributed by atoms with E-state index in [0.717, 1.165) is 20.6 Å². The standard InChI is InChI=1S/C12H7BrCl2/c13-11-7-8(14)5-6-9(11)10-3-1-2-4-12(10)15/h1-7H. The van der Waals surface area contributed by atoms with Crippen LogP contribution in [0, 0.1) is 0 Å². The first kappa shape index (κ1) is 11.0. The molecule has 0 aliphatic rings. The maximum absolute atomic E-state index is 6.12. The zero-order chi connectivity index (χ0) is 10.8. The fourth-order valence-electron chi connectivity index (χ4n) is 1.39. The summed E-state index contributed by atoms with van der Waals surface area (Å²) >= 11 is 15.5. The van der Waals surface area contributed by atoms with Crippen LogP contribution < -0.4 is 0 Å². The summed E-state index contributed by atoms with van der Waals surface area (Å²) in [5, 5.41) is 1.44. The van der Waals surface area contributed by atoms with Gasteiger partial charge < -0.3 is 0 Å². The molecule has 15 heavy (non-hydrogen) atoms. The molecule has 0 aliphatic carbocycles. The second-order valence-corrected chi connectivity index (χ2v) is 4.80. The number of hydrogen-bond donors (Lipinski definition) is 0. The molecule has 0 spiro atoms. The predicted octanol–water partition coefficient (Wildman–Crippen LogP) is 5.42. The van der Waals surface area contributed by atoms with E-state index in [2.05, 4.69) is 15.9 Å². The Labute approximate surface area is 107 Å². The Morgan fingerprint density at radius 2 is 1.60 bits per heavy atom. The van der Waals surface area contributed by atoms with Crippen LogP contribution in [0.15, 0.2) is 46.9 Å². The van der Waals surface area contributed by atoms with Gasteiger partial charge in [-0.15, -0.1) is 0 Å². The molecule has 0 bridgehead atoms. The summed E-state index contributed by atoms with van der Waals surface area (Å²) in [5.41, 5.74) is 2.05. The normalized spacial score (nSPS) is 10.3. The molecule has 0 unspecified atom stereocenters. The van der Waals surface area contributed by atoms with E-state index in [-0.39, 0.29) is 0 Å². The Hall–Kier alpha value is -0.500.